The fourth-order valence-corrected chi connectivity index (χ4v) is 3.62. The number of fused-ring (bicyclic) bond motifs is 1. The van der Waals surface area contributed by atoms with E-state index < -0.39 is 17.9 Å². The molecule has 4 aromatic rings. The van der Waals surface area contributed by atoms with Crippen LogP contribution in [0.2, 0.25) is 15.1 Å². The van der Waals surface area contributed by atoms with Gasteiger partial charge >= 0.3 is 0 Å². The maximum Gasteiger partial charge on any atom is 0.262 e. The average Bonchev–Trinajstić information content (AvgIpc) is 2.77. The molecule has 32 heavy (non-hydrogen) atoms. The van der Waals surface area contributed by atoms with E-state index >= 15 is 0 Å². The summed E-state index contributed by atoms with van der Waals surface area (Å²) in [6.45, 7) is 1.50. The van der Waals surface area contributed by atoms with Crippen molar-refractivity contribution in [2.24, 2.45) is 0 Å². The van der Waals surface area contributed by atoms with Crippen LogP contribution in [0.5, 0.6) is 5.75 Å². The Balaban J connectivity index is 1.70. The molecule has 0 atom stereocenters. The van der Waals surface area contributed by atoms with Gasteiger partial charge in [0.15, 0.2) is 12.4 Å². The molecule has 1 heterocycles. The molecular formula is C24H16Cl3NO4. The molecule has 0 aliphatic heterocycles. The molecule has 0 saturated heterocycles. The SMILES string of the molecule is Cc1ccc(-c2oc3ccc(Cl)cc3c(=O)c2OCC(=O)Nc2cccc(Cl)c2Cl)cc1. The van der Waals surface area contributed by atoms with E-state index in [9.17, 15) is 9.59 Å². The summed E-state index contributed by atoms with van der Waals surface area (Å²) in [6, 6.07) is 17.0. The Morgan fingerprint density at radius 2 is 1.78 bits per heavy atom. The fourth-order valence-electron chi connectivity index (χ4n) is 3.10. The second-order valence-electron chi connectivity index (χ2n) is 7.03. The number of carbonyl (C=O) groups is 1. The molecule has 1 aromatic heterocycles. The number of anilines is 1. The highest BCUT2D eigenvalue weighted by Gasteiger charge is 2.19. The monoisotopic (exact) mass is 487 g/mol. The molecule has 162 valence electrons. The van der Waals surface area contributed by atoms with Gasteiger partial charge in [0, 0.05) is 10.6 Å². The minimum absolute atomic E-state index is 0.0871. The van der Waals surface area contributed by atoms with Crippen LogP contribution in [0.4, 0.5) is 5.69 Å². The van der Waals surface area contributed by atoms with E-state index in [1.165, 1.54) is 6.07 Å². The molecule has 0 fully saturated rings. The first kappa shape index (κ1) is 22.2. The molecule has 1 N–H and O–H groups in total. The number of rotatable bonds is 5. The molecule has 1 amide bonds. The average molecular weight is 489 g/mol. The molecule has 0 bridgehead atoms. The molecule has 0 aliphatic rings. The van der Waals surface area contributed by atoms with Crippen molar-refractivity contribution in [3.05, 3.63) is 91.5 Å². The summed E-state index contributed by atoms with van der Waals surface area (Å²) in [5, 5.41) is 3.77. The molecule has 0 saturated carbocycles. The van der Waals surface area contributed by atoms with E-state index in [0.717, 1.165) is 5.56 Å². The minimum Gasteiger partial charge on any atom is -0.476 e. The van der Waals surface area contributed by atoms with Crippen molar-refractivity contribution in [1.82, 2.24) is 0 Å². The van der Waals surface area contributed by atoms with Gasteiger partial charge in [-0.2, -0.15) is 0 Å². The van der Waals surface area contributed by atoms with Gasteiger partial charge in [-0.1, -0.05) is 70.7 Å². The van der Waals surface area contributed by atoms with E-state index in [4.69, 9.17) is 44.0 Å². The lowest BCUT2D eigenvalue weighted by atomic mass is 10.1. The van der Waals surface area contributed by atoms with Gasteiger partial charge < -0.3 is 14.5 Å². The van der Waals surface area contributed by atoms with Gasteiger partial charge in [0.25, 0.3) is 5.91 Å². The van der Waals surface area contributed by atoms with Crippen LogP contribution >= 0.6 is 34.8 Å². The molecular weight excluding hydrogens is 473 g/mol. The number of hydrogen-bond donors (Lipinski definition) is 1. The van der Waals surface area contributed by atoms with Gasteiger partial charge in [-0.15, -0.1) is 0 Å². The molecule has 0 unspecified atom stereocenters. The van der Waals surface area contributed by atoms with Gasteiger partial charge in [0.1, 0.15) is 5.58 Å². The third kappa shape index (κ3) is 4.60. The van der Waals surface area contributed by atoms with Crippen LogP contribution in [0.25, 0.3) is 22.3 Å². The summed E-state index contributed by atoms with van der Waals surface area (Å²) in [5.74, 6) is -0.385. The summed E-state index contributed by atoms with van der Waals surface area (Å²) in [7, 11) is 0. The number of benzene rings is 3. The zero-order chi connectivity index (χ0) is 22.8. The van der Waals surface area contributed by atoms with Crippen molar-refractivity contribution < 1.29 is 13.9 Å². The lowest BCUT2D eigenvalue weighted by Gasteiger charge is -2.13. The third-order valence-corrected chi connectivity index (χ3v) is 5.75. The van der Waals surface area contributed by atoms with E-state index in [1.807, 2.05) is 31.2 Å². The number of halogens is 3. The van der Waals surface area contributed by atoms with Gasteiger partial charge in [0.2, 0.25) is 11.2 Å². The zero-order valence-corrected chi connectivity index (χ0v) is 19.0. The quantitative estimate of drug-likeness (QED) is 0.337. The predicted molar refractivity (Wildman–Crippen MR) is 128 cm³/mol. The number of nitrogens with one attached hydrogen (secondary N) is 1. The summed E-state index contributed by atoms with van der Waals surface area (Å²) >= 11 is 18.1. The highest BCUT2D eigenvalue weighted by Crippen LogP contribution is 2.32. The number of carbonyl (C=O) groups excluding carboxylic acids is 1. The lowest BCUT2D eigenvalue weighted by Crippen LogP contribution is -2.22. The van der Waals surface area contributed by atoms with Crippen molar-refractivity contribution in [2.75, 3.05) is 11.9 Å². The highest BCUT2D eigenvalue weighted by atomic mass is 35.5. The van der Waals surface area contributed by atoms with Crippen LogP contribution in [0.15, 0.2) is 69.9 Å². The van der Waals surface area contributed by atoms with Gasteiger partial charge in [0.05, 0.1) is 21.1 Å². The Labute approximate surface area is 198 Å². The second kappa shape index (κ2) is 9.25. The van der Waals surface area contributed by atoms with Crippen molar-refractivity contribution >= 4 is 57.4 Å². The van der Waals surface area contributed by atoms with Crippen LogP contribution in [0, 0.1) is 6.92 Å². The first-order chi connectivity index (χ1) is 15.3. The maximum atomic E-state index is 13.2. The molecule has 5 nitrogen and oxygen atoms in total. The van der Waals surface area contributed by atoms with E-state index in [0.29, 0.717) is 26.9 Å². The number of hydrogen-bond acceptors (Lipinski definition) is 4. The normalized spacial score (nSPS) is 10.9. The summed E-state index contributed by atoms with van der Waals surface area (Å²) in [6.07, 6.45) is 0. The van der Waals surface area contributed by atoms with E-state index in [-0.39, 0.29) is 21.9 Å². The van der Waals surface area contributed by atoms with Crippen LogP contribution < -0.4 is 15.5 Å². The number of amides is 1. The molecule has 3 aromatic carbocycles. The molecule has 8 heteroatoms. The second-order valence-corrected chi connectivity index (χ2v) is 8.26. The Kier molecular flexibility index (Phi) is 6.42. The highest BCUT2D eigenvalue weighted by molar-refractivity contribution is 6.44. The van der Waals surface area contributed by atoms with Gasteiger partial charge in [-0.25, -0.2) is 0 Å². The summed E-state index contributed by atoms with van der Waals surface area (Å²) in [4.78, 5) is 25.7. The van der Waals surface area contributed by atoms with Crippen molar-refractivity contribution in [3.63, 3.8) is 0 Å². The van der Waals surface area contributed by atoms with Gasteiger partial charge in [-0.05, 0) is 37.3 Å². The van der Waals surface area contributed by atoms with E-state index in [1.54, 1.807) is 30.3 Å². The first-order valence-corrected chi connectivity index (χ1v) is 10.7. The minimum atomic E-state index is -0.519. The zero-order valence-electron chi connectivity index (χ0n) is 16.7. The van der Waals surface area contributed by atoms with Crippen LogP contribution in [0.1, 0.15) is 5.56 Å². The fraction of sp³-hybridized carbons (Fsp3) is 0.0833. The Hall–Kier alpha value is -2.99. The standard InChI is InChI=1S/C24H16Cl3NO4/c1-13-5-7-14(8-6-13)23-24(22(30)16-11-15(25)9-10-19(16)32-23)31-12-20(29)28-18-4-2-3-17(26)21(18)27/h2-11H,12H2,1H3,(H,28,29). The smallest absolute Gasteiger partial charge is 0.262 e. The lowest BCUT2D eigenvalue weighted by molar-refractivity contribution is -0.118. The van der Waals surface area contributed by atoms with E-state index in [2.05, 4.69) is 5.32 Å². The van der Waals surface area contributed by atoms with Crippen LogP contribution in [-0.4, -0.2) is 12.5 Å². The van der Waals surface area contributed by atoms with Crippen LogP contribution in [0.3, 0.4) is 0 Å². The Bertz CT molecular complexity index is 1380. The topological polar surface area (TPSA) is 68.5 Å². The summed E-state index contributed by atoms with van der Waals surface area (Å²) in [5.41, 5.74) is 1.95. The number of ether oxygens (including phenoxy) is 1. The van der Waals surface area contributed by atoms with Crippen molar-refractivity contribution in [1.29, 1.82) is 0 Å². The molecule has 0 radical (unpaired) electrons. The number of aryl methyl sites for hydroxylation is 1. The third-order valence-electron chi connectivity index (χ3n) is 4.70. The van der Waals surface area contributed by atoms with Crippen molar-refractivity contribution in [2.45, 2.75) is 6.92 Å². The molecule has 4 rings (SSSR count). The summed E-state index contributed by atoms with van der Waals surface area (Å²) < 4.78 is 11.7. The predicted octanol–water partition coefficient (Wildman–Crippen LogP) is 6.75. The maximum absolute atomic E-state index is 13.2. The largest absolute Gasteiger partial charge is 0.476 e. The molecule has 0 aliphatic carbocycles. The first-order valence-electron chi connectivity index (χ1n) is 9.53. The Morgan fingerprint density at radius 3 is 2.53 bits per heavy atom. The Morgan fingerprint density at radius 1 is 1.03 bits per heavy atom. The van der Waals surface area contributed by atoms with Crippen molar-refractivity contribution in [3.8, 4) is 17.1 Å². The van der Waals surface area contributed by atoms with Crippen LogP contribution in [-0.2, 0) is 4.79 Å². The van der Waals surface area contributed by atoms with Gasteiger partial charge in [-0.3, -0.25) is 9.59 Å². The molecule has 0 spiro atoms.